The Labute approximate surface area is 167 Å². The maximum absolute atomic E-state index is 13.5. The van der Waals surface area contributed by atoms with Crippen molar-refractivity contribution >= 4 is 11.6 Å². The molecule has 2 N–H and O–H groups in total. The first kappa shape index (κ1) is 17.6. The van der Waals surface area contributed by atoms with Gasteiger partial charge in [-0.2, -0.15) is 0 Å². The van der Waals surface area contributed by atoms with E-state index in [4.69, 9.17) is 4.74 Å². The van der Waals surface area contributed by atoms with E-state index >= 15 is 0 Å². The molecule has 2 heterocycles. The zero-order chi connectivity index (χ0) is 20.0. The predicted molar refractivity (Wildman–Crippen MR) is 111 cm³/mol. The number of nitrogens with one attached hydrogen (secondary N) is 2. The molecule has 0 spiro atoms. The SMILES string of the molecule is COc1cccc(C2c3c([nH]n(-c4ccccc4)c3=O)NC3=CCCC(=O)C32)c1. The highest BCUT2D eigenvalue weighted by atomic mass is 16.5. The van der Waals surface area contributed by atoms with E-state index in [1.807, 2.05) is 54.6 Å². The molecule has 6 heteroatoms. The number of methoxy groups -OCH3 is 1. The fourth-order valence-electron chi connectivity index (χ4n) is 4.42. The number of Topliss-reactive ketones (excluding diaryl/α,β-unsaturated/α-hetero) is 1. The van der Waals surface area contributed by atoms with E-state index in [9.17, 15) is 9.59 Å². The van der Waals surface area contributed by atoms with Crippen molar-refractivity contribution < 1.29 is 9.53 Å². The van der Waals surface area contributed by atoms with Gasteiger partial charge < -0.3 is 10.1 Å². The first-order valence-electron chi connectivity index (χ1n) is 9.71. The van der Waals surface area contributed by atoms with Crippen molar-refractivity contribution in [2.24, 2.45) is 5.92 Å². The molecule has 1 aromatic heterocycles. The quantitative estimate of drug-likeness (QED) is 0.720. The number of hydrogen-bond donors (Lipinski definition) is 2. The summed E-state index contributed by atoms with van der Waals surface area (Å²) < 4.78 is 6.93. The number of fused-ring (bicyclic) bond motifs is 2. The minimum absolute atomic E-state index is 0.149. The number of aromatic nitrogens is 2. The van der Waals surface area contributed by atoms with E-state index in [1.165, 1.54) is 4.68 Å². The monoisotopic (exact) mass is 387 g/mol. The van der Waals surface area contributed by atoms with Crippen LogP contribution in [0.15, 0.2) is 71.2 Å². The molecule has 0 amide bonds. The zero-order valence-corrected chi connectivity index (χ0v) is 16.0. The topological polar surface area (TPSA) is 76.1 Å². The third-order valence-electron chi connectivity index (χ3n) is 5.74. The van der Waals surface area contributed by atoms with Crippen LogP contribution in [0.5, 0.6) is 5.75 Å². The second-order valence-electron chi connectivity index (χ2n) is 7.40. The van der Waals surface area contributed by atoms with E-state index in [0.717, 1.165) is 16.9 Å². The summed E-state index contributed by atoms with van der Waals surface area (Å²) in [5, 5.41) is 6.53. The largest absolute Gasteiger partial charge is 0.497 e. The number of ketones is 1. The summed E-state index contributed by atoms with van der Waals surface area (Å²) in [4.78, 5) is 26.4. The van der Waals surface area contributed by atoms with Crippen LogP contribution < -0.4 is 15.6 Å². The van der Waals surface area contributed by atoms with Crippen molar-refractivity contribution in [3.05, 3.63) is 87.9 Å². The van der Waals surface area contributed by atoms with E-state index < -0.39 is 5.92 Å². The third kappa shape index (κ3) is 2.79. The van der Waals surface area contributed by atoms with Gasteiger partial charge in [-0.3, -0.25) is 14.7 Å². The third-order valence-corrected chi connectivity index (χ3v) is 5.74. The second-order valence-corrected chi connectivity index (χ2v) is 7.40. The normalized spacial score (nSPS) is 20.3. The van der Waals surface area contributed by atoms with Gasteiger partial charge in [-0.05, 0) is 36.2 Å². The van der Waals surface area contributed by atoms with Crippen molar-refractivity contribution in [2.45, 2.75) is 18.8 Å². The molecule has 146 valence electrons. The van der Waals surface area contributed by atoms with Crippen LogP contribution in [0.4, 0.5) is 5.82 Å². The Kier molecular flexibility index (Phi) is 4.12. The van der Waals surface area contributed by atoms with E-state index in [1.54, 1.807) is 7.11 Å². The highest BCUT2D eigenvalue weighted by molar-refractivity contribution is 5.89. The molecule has 2 aliphatic rings. The first-order chi connectivity index (χ1) is 14.2. The molecule has 1 aliphatic heterocycles. The molecule has 6 nitrogen and oxygen atoms in total. The smallest absolute Gasteiger partial charge is 0.277 e. The van der Waals surface area contributed by atoms with Crippen LogP contribution in [0.2, 0.25) is 0 Å². The Morgan fingerprint density at radius 1 is 1.03 bits per heavy atom. The number of H-pyrrole nitrogens is 1. The Morgan fingerprint density at radius 3 is 2.66 bits per heavy atom. The molecule has 2 unspecified atom stereocenters. The second kappa shape index (κ2) is 6.81. The molecule has 0 fully saturated rings. The number of rotatable bonds is 3. The van der Waals surface area contributed by atoms with Crippen LogP contribution in [0.3, 0.4) is 0 Å². The molecule has 0 saturated carbocycles. The number of anilines is 1. The number of para-hydroxylation sites is 1. The molecular formula is C23H21N3O3. The molecule has 29 heavy (non-hydrogen) atoms. The molecule has 3 aromatic rings. The van der Waals surface area contributed by atoms with Gasteiger partial charge in [-0.1, -0.05) is 36.4 Å². The average Bonchev–Trinajstić information content (AvgIpc) is 3.09. The minimum Gasteiger partial charge on any atom is -0.497 e. The van der Waals surface area contributed by atoms with E-state index in [0.29, 0.717) is 30.0 Å². The first-order valence-corrected chi connectivity index (χ1v) is 9.71. The summed E-state index contributed by atoms with van der Waals surface area (Å²) in [7, 11) is 1.61. The molecule has 2 aromatic carbocycles. The van der Waals surface area contributed by atoms with Crippen LogP contribution in [-0.2, 0) is 4.79 Å². The number of carbonyl (C=O) groups excluding carboxylic acids is 1. The Bertz CT molecular complexity index is 1170. The molecular weight excluding hydrogens is 366 g/mol. The maximum Gasteiger partial charge on any atom is 0.277 e. The molecule has 5 rings (SSSR count). The summed E-state index contributed by atoms with van der Waals surface area (Å²) in [5.41, 5.74) is 2.95. The number of carbonyl (C=O) groups is 1. The van der Waals surface area contributed by atoms with E-state index in [2.05, 4.69) is 16.5 Å². The van der Waals surface area contributed by atoms with Crippen molar-refractivity contribution in [3.8, 4) is 11.4 Å². The lowest BCUT2D eigenvalue weighted by Gasteiger charge is -2.35. The molecule has 0 saturated heterocycles. The fourth-order valence-corrected chi connectivity index (χ4v) is 4.42. The standard InChI is InChI=1S/C23H21N3O3/c1-29-16-10-5-7-14(13-16)19-20-17(11-6-12-18(20)27)24-22-21(19)23(28)26(25-22)15-8-3-2-4-9-15/h2-5,7-11,13,19-20,24-25H,6,12H2,1H3. The lowest BCUT2D eigenvalue weighted by atomic mass is 9.72. The Hall–Kier alpha value is -3.54. The van der Waals surface area contributed by atoms with Gasteiger partial charge in [0.15, 0.2) is 0 Å². The number of allylic oxidation sites excluding steroid dienone is 2. The number of hydrogen-bond acceptors (Lipinski definition) is 4. The summed E-state index contributed by atoms with van der Waals surface area (Å²) >= 11 is 0. The molecule has 1 aliphatic carbocycles. The van der Waals surface area contributed by atoms with E-state index in [-0.39, 0.29) is 17.3 Å². The fraction of sp³-hybridized carbons (Fsp3) is 0.217. The van der Waals surface area contributed by atoms with Gasteiger partial charge in [0.1, 0.15) is 17.4 Å². The molecule has 0 bridgehead atoms. The predicted octanol–water partition coefficient (Wildman–Crippen LogP) is 3.59. The lowest BCUT2D eigenvalue weighted by Crippen LogP contribution is -2.36. The van der Waals surface area contributed by atoms with Gasteiger partial charge in [0, 0.05) is 18.0 Å². The van der Waals surface area contributed by atoms with Crippen molar-refractivity contribution in [1.82, 2.24) is 9.78 Å². The minimum atomic E-state index is -0.393. The number of benzene rings is 2. The summed E-state index contributed by atoms with van der Waals surface area (Å²) in [5.74, 6) is 0.740. The van der Waals surface area contributed by atoms with Crippen molar-refractivity contribution in [1.29, 1.82) is 0 Å². The lowest BCUT2D eigenvalue weighted by molar-refractivity contribution is -0.122. The highest BCUT2D eigenvalue weighted by Gasteiger charge is 2.43. The van der Waals surface area contributed by atoms with Crippen LogP contribution in [-0.4, -0.2) is 22.7 Å². The zero-order valence-electron chi connectivity index (χ0n) is 16.0. The van der Waals surface area contributed by atoms with Crippen molar-refractivity contribution in [2.75, 3.05) is 12.4 Å². The average molecular weight is 387 g/mol. The number of aromatic amines is 1. The number of nitrogens with zero attached hydrogens (tertiary/aromatic N) is 1. The van der Waals surface area contributed by atoms with Gasteiger partial charge in [0.05, 0.1) is 24.3 Å². The van der Waals surface area contributed by atoms with Crippen molar-refractivity contribution in [3.63, 3.8) is 0 Å². The van der Waals surface area contributed by atoms with Crippen LogP contribution in [0.25, 0.3) is 5.69 Å². The Morgan fingerprint density at radius 2 is 1.86 bits per heavy atom. The summed E-state index contributed by atoms with van der Waals surface area (Å²) in [6.45, 7) is 0. The van der Waals surface area contributed by atoms with Gasteiger partial charge in [-0.15, -0.1) is 0 Å². The van der Waals surface area contributed by atoms with Gasteiger partial charge >= 0.3 is 0 Å². The summed E-state index contributed by atoms with van der Waals surface area (Å²) in [6.07, 6.45) is 3.27. The molecule has 0 radical (unpaired) electrons. The van der Waals surface area contributed by atoms with Crippen LogP contribution in [0.1, 0.15) is 29.9 Å². The van der Waals surface area contributed by atoms with Crippen LogP contribution >= 0.6 is 0 Å². The van der Waals surface area contributed by atoms with Crippen LogP contribution in [0, 0.1) is 5.92 Å². The maximum atomic E-state index is 13.5. The highest BCUT2D eigenvalue weighted by Crippen LogP contribution is 2.45. The number of ether oxygens (including phenoxy) is 1. The molecule has 2 atom stereocenters. The Balaban J connectivity index is 1.75. The van der Waals surface area contributed by atoms with Gasteiger partial charge in [0.2, 0.25) is 0 Å². The van der Waals surface area contributed by atoms with Gasteiger partial charge in [0.25, 0.3) is 5.56 Å². The summed E-state index contributed by atoms with van der Waals surface area (Å²) in [6, 6.07) is 17.1. The van der Waals surface area contributed by atoms with Gasteiger partial charge in [-0.25, -0.2) is 4.68 Å².